The van der Waals surface area contributed by atoms with Crippen LogP contribution in [0.25, 0.3) is 0 Å². The zero-order valence-electron chi connectivity index (χ0n) is 9.06. The van der Waals surface area contributed by atoms with Crippen molar-refractivity contribution in [3.05, 3.63) is 29.6 Å². The normalized spacial score (nSPS) is 16.4. The number of rotatable bonds is 4. The monoisotopic (exact) mass is 240 g/mol. The highest BCUT2D eigenvalue weighted by Crippen LogP contribution is 2.48. The summed E-state index contributed by atoms with van der Waals surface area (Å²) in [5.41, 5.74) is -0.337. The Kier molecular flexibility index (Phi) is 2.97. The van der Waals surface area contributed by atoms with E-state index in [1.807, 2.05) is 0 Å². The second-order valence-electron chi connectivity index (χ2n) is 4.44. The molecule has 1 saturated carbocycles. The molecule has 1 aromatic carbocycles. The van der Waals surface area contributed by atoms with Gasteiger partial charge in [-0.2, -0.15) is 5.26 Å². The lowest BCUT2D eigenvalue weighted by Gasteiger charge is -2.14. The van der Waals surface area contributed by atoms with Crippen LogP contribution >= 0.6 is 0 Å². The summed E-state index contributed by atoms with van der Waals surface area (Å²) in [6.45, 7) is 0.361. The summed E-state index contributed by atoms with van der Waals surface area (Å²) in [6, 6.07) is 3.48. The summed E-state index contributed by atoms with van der Waals surface area (Å²) in [5.74, 6) is -3.12. The molecule has 0 aromatic heterocycles. The molecular formula is C12H11F3N2. The van der Waals surface area contributed by atoms with E-state index in [0.717, 1.165) is 18.9 Å². The second-order valence-corrected chi connectivity index (χ2v) is 4.44. The first-order valence-corrected chi connectivity index (χ1v) is 5.32. The molecule has 1 fully saturated rings. The molecule has 0 radical (unpaired) electrons. The number of nitrogens with one attached hydrogen (secondary N) is 1. The standard InChI is InChI=1S/C12H11F3N2/c13-8-5-9(14)11(15)10(6-8)17-7-12(1-2-12)3-4-16/h5-6,17H,1-3,7H2. The smallest absolute Gasteiger partial charge is 0.182 e. The van der Waals surface area contributed by atoms with Crippen molar-refractivity contribution in [2.75, 3.05) is 11.9 Å². The molecule has 1 N–H and O–H groups in total. The van der Waals surface area contributed by atoms with Crippen LogP contribution in [0, 0.1) is 34.2 Å². The SMILES string of the molecule is N#CCC1(CNc2cc(F)cc(F)c2F)CC1. The lowest BCUT2D eigenvalue weighted by molar-refractivity contribution is 0.494. The summed E-state index contributed by atoms with van der Waals surface area (Å²) in [6.07, 6.45) is 2.14. The van der Waals surface area contributed by atoms with Gasteiger partial charge in [0.25, 0.3) is 0 Å². The van der Waals surface area contributed by atoms with Gasteiger partial charge >= 0.3 is 0 Å². The lowest BCUT2D eigenvalue weighted by Crippen LogP contribution is -2.16. The summed E-state index contributed by atoms with van der Waals surface area (Å²) >= 11 is 0. The van der Waals surface area contributed by atoms with Gasteiger partial charge < -0.3 is 5.32 Å². The molecule has 17 heavy (non-hydrogen) atoms. The van der Waals surface area contributed by atoms with Crippen molar-refractivity contribution in [2.45, 2.75) is 19.3 Å². The molecule has 1 aliphatic rings. The minimum Gasteiger partial charge on any atom is -0.382 e. The Bertz CT molecular complexity index is 475. The first-order valence-electron chi connectivity index (χ1n) is 5.32. The largest absolute Gasteiger partial charge is 0.382 e. The number of hydrogen-bond donors (Lipinski definition) is 1. The maximum atomic E-state index is 13.3. The molecule has 0 heterocycles. The van der Waals surface area contributed by atoms with E-state index in [0.29, 0.717) is 19.0 Å². The molecule has 0 saturated heterocycles. The maximum absolute atomic E-state index is 13.3. The van der Waals surface area contributed by atoms with Crippen LogP contribution in [0.2, 0.25) is 0 Å². The third kappa shape index (κ3) is 2.52. The highest BCUT2D eigenvalue weighted by Gasteiger charge is 2.42. The van der Waals surface area contributed by atoms with Gasteiger partial charge in [-0.05, 0) is 12.8 Å². The van der Waals surface area contributed by atoms with Gasteiger partial charge in [0.15, 0.2) is 11.6 Å². The van der Waals surface area contributed by atoms with E-state index >= 15 is 0 Å². The summed E-state index contributed by atoms with van der Waals surface area (Å²) in [4.78, 5) is 0. The fraction of sp³-hybridized carbons (Fsp3) is 0.417. The number of halogens is 3. The molecule has 0 amide bonds. The van der Waals surface area contributed by atoms with Gasteiger partial charge in [0.2, 0.25) is 0 Å². The van der Waals surface area contributed by atoms with E-state index in [9.17, 15) is 13.2 Å². The molecule has 0 bridgehead atoms. The van der Waals surface area contributed by atoms with E-state index < -0.39 is 17.5 Å². The summed E-state index contributed by atoms with van der Waals surface area (Å²) in [5, 5.41) is 11.3. The molecule has 0 spiro atoms. The number of nitrogens with zero attached hydrogens (tertiary/aromatic N) is 1. The van der Waals surface area contributed by atoms with Crippen molar-refractivity contribution in [1.82, 2.24) is 0 Å². The molecule has 1 aromatic rings. The van der Waals surface area contributed by atoms with Crippen LogP contribution in [0.3, 0.4) is 0 Å². The predicted molar refractivity (Wildman–Crippen MR) is 56.7 cm³/mol. The van der Waals surface area contributed by atoms with Gasteiger partial charge in [-0.3, -0.25) is 0 Å². The molecular weight excluding hydrogens is 229 g/mol. The van der Waals surface area contributed by atoms with Crippen LogP contribution in [-0.2, 0) is 0 Å². The first-order chi connectivity index (χ1) is 8.06. The van der Waals surface area contributed by atoms with Crippen molar-refractivity contribution in [1.29, 1.82) is 5.26 Å². The van der Waals surface area contributed by atoms with Gasteiger partial charge in [0, 0.05) is 30.5 Å². The zero-order valence-corrected chi connectivity index (χ0v) is 9.06. The van der Waals surface area contributed by atoms with Crippen LogP contribution in [0.1, 0.15) is 19.3 Å². The van der Waals surface area contributed by atoms with Crippen LogP contribution in [-0.4, -0.2) is 6.54 Å². The highest BCUT2D eigenvalue weighted by atomic mass is 19.2. The average molecular weight is 240 g/mol. The van der Waals surface area contributed by atoms with Crippen molar-refractivity contribution < 1.29 is 13.2 Å². The first kappa shape index (κ1) is 11.8. The average Bonchev–Trinajstić information content (AvgIpc) is 3.02. The number of benzene rings is 1. The predicted octanol–water partition coefficient (Wildman–Crippen LogP) is 3.21. The Balaban J connectivity index is 2.07. The Morgan fingerprint density at radius 1 is 1.29 bits per heavy atom. The summed E-state index contributed by atoms with van der Waals surface area (Å²) < 4.78 is 39.1. The third-order valence-corrected chi connectivity index (χ3v) is 3.06. The molecule has 2 rings (SSSR count). The molecule has 2 nitrogen and oxygen atoms in total. The molecule has 0 aliphatic heterocycles. The third-order valence-electron chi connectivity index (χ3n) is 3.06. The van der Waals surface area contributed by atoms with E-state index in [2.05, 4.69) is 11.4 Å². The minimum absolute atomic E-state index is 0.149. The Hall–Kier alpha value is -1.70. The van der Waals surface area contributed by atoms with Gasteiger partial charge in [-0.15, -0.1) is 0 Å². The van der Waals surface area contributed by atoms with E-state index in [1.54, 1.807) is 0 Å². The molecule has 90 valence electrons. The van der Waals surface area contributed by atoms with E-state index in [4.69, 9.17) is 5.26 Å². The van der Waals surface area contributed by atoms with Crippen molar-refractivity contribution in [3.8, 4) is 6.07 Å². The van der Waals surface area contributed by atoms with Gasteiger partial charge in [0.05, 0.1) is 11.8 Å². The quantitative estimate of drug-likeness (QED) is 0.820. The number of nitriles is 1. The van der Waals surface area contributed by atoms with E-state index in [1.165, 1.54) is 0 Å². The fourth-order valence-corrected chi connectivity index (χ4v) is 1.73. The Morgan fingerprint density at radius 3 is 2.59 bits per heavy atom. The minimum atomic E-state index is -1.21. The number of anilines is 1. The van der Waals surface area contributed by atoms with Gasteiger partial charge in [0.1, 0.15) is 5.82 Å². The highest BCUT2D eigenvalue weighted by molar-refractivity contribution is 5.46. The van der Waals surface area contributed by atoms with Crippen LogP contribution in [0.15, 0.2) is 12.1 Å². The van der Waals surface area contributed by atoms with Crippen molar-refractivity contribution in [3.63, 3.8) is 0 Å². The van der Waals surface area contributed by atoms with Gasteiger partial charge in [-0.1, -0.05) is 0 Å². The second kappa shape index (κ2) is 4.28. The number of hydrogen-bond acceptors (Lipinski definition) is 2. The Morgan fingerprint density at radius 2 is 2.00 bits per heavy atom. The molecule has 1 aliphatic carbocycles. The lowest BCUT2D eigenvalue weighted by atomic mass is 10.0. The summed E-state index contributed by atoms with van der Waals surface area (Å²) in [7, 11) is 0. The van der Waals surface area contributed by atoms with E-state index in [-0.39, 0.29) is 11.1 Å². The Labute approximate surface area is 97.1 Å². The topological polar surface area (TPSA) is 35.8 Å². The van der Waals surface area contributed by atoms with Crippen LogP contribution in [0.4, 0.5) is 18.9 Å². The fourth-order valence-electron chi connectivity index (χ4n) is 1.73. The molecule has 0 atom stereocenters. The molecule has 0 unspecified atom stereocenters. The molecule has 5 heteroatoms. The van der Waals surface area contributed by atoms with Gasteiger partial charge in [-0.25, -0.2) is 13.2 Å². The van der Waals surface area contributed by atoms with Crippen molar-refractivity contribution >= 4 is 5.69 Å². The van der Waals surface area contributed by atoms with Crippen LogP contribution in [0.5, 0.6) is 0 Å². The van der Waals surface area contributed by atoms with Crippen LogP contribution < -0.4 is 5.32 Å². The van der Waals surface area contributed by atoms with Crippen molar-refractivity contribution in [2.24, 2.45) is 5.41 Å². The maximum Gasteiger partial charge on any atom is 0.182 e. The zero-order chi connectivity index (χ0) is 12.5.